The topological polar surface area (TPSA) is 50.4 Å². The Morgan fingerprint density at radius 3 is 2.50 bits per heavy atom. The van der Waals surface area contributed by atoms with Crippen LogP contribution in [0, 0.1) is 0 Å². The first-order valence-electron chi connectivity index (χ1n) is 9.93. The second kappa shape index (κ2) is 10.4. The van der Waals surface area contributed by atoms with Crippen molar-refractivity contribution < 1.29 is 9.53 Å². The summed E-state index contributed by atoms with van der Waals surface area (Å²) in [4.78, 5) is 13.4. The average molecular weight is 439 g/mol. The second-order valence-corrected chi connectivity index (χ2v) is 8.63. The molecule has 0 fully saturated rings. The molecule has 0 bridgehead atoms. The van der Waals surface area contributed by atoms with Crippen LogP contribution < -0.4 is 10.6 Å². The van der Waals surface area contributed by atoms with Gasteiger partial charge in [-0.3, -0.25) is 0 Å². The number of carbonyl (C=O) groups is 1. The number of nitrogens with one attached hydrogen (secondary N) is 2. The number of methoxy groups -OCH3 is 1. The van der Waals surface area contributed by atoms with Crippen molar-refractivity contribution in [1.29, 1.82) is 0 Å². The summed E-state index contributed by atoms with van der Waals surface area (Å²) in [5.41, 5.74) is 3.87. The molecule has 1 unspecified atom stereocenters. The van der Waals surface area contributed by atoms with Gasteiger partial charge in [-0.1, -0.05) is 62.4 Å². The molecule has 0 aliphatic carbocycles. The summed E-state index contributed by atoms with van der Waals surface area (Å²) >= 11 is 7.07. The molecule has 0 aliphatic heterocycles. The third-order valence-corrected chi connectivity index (χ3v) is 6.24. The predicted molar refractivity (Wildman–Crippen MR) is 130 cm³/mol. The summed E-state index contributed by atoms with van der Waals surface area (Å²) in [5.74, 6) is 0.0391. The van der Waals surface area contributed by atoms with Gasteiger partial charge in [0.05, 0.1) is 12.7 Å². The number of anilines is 2. The van der Waals surface area contributed by atoms with Crippen LogP contribution in [-0.4, -0.2) is 18.2 Å². The fraction of sp³-hybridized carbons (Fsp3) is 0.250. The molecule has 156 valence electrons. The molecule has 1 aromatic heterocycles. The van der Waals surface area contributed by atoms with Crippen molar-refractivity contribution in [3.63, 3.8) is 0 Å². The molecule has 0 saturated heterocycles. The van der Waals surface area contributed by atoms with E-state index in [0.29, 0.717) is 21.6 Å². The maximum atomic E-state index is 12.3. The Balaban J connectivity index is 1.80. The fourth-order valence-electron chi connectivity index (χ4n) is 3.20. The Hall–Kier alpha value is -2.70. The Kier molecular flexibility index (Phi) is 7.60. The molecule has 3 rings (SSSR count). The van der Waals surface area contributed by atoms with E-state index in [1.165, 1.54) is 29.6 Å². The highest BCUT2D eigenvalue weighted by molar-refractivity contribution is 7.80. The highest BCUT2D eigenvalue weighted by atomic mass is 32.1. The lowest BCUT2D eigenvalue weighted by molar-refractivity contribution is 0.0602. The van der Waals surface area contributed by atoms with E-state index in [1.54, 1.807) is 0 Å². The van der Waals surface area contributed by atoms with Gasteiger partial charge < -0.3 is 15.4 Å². The maximum Gasteiger partial charge on any atom is 0.340 e. The average Bonchev–Trinajstić information content (AvgIpc) is 3.15. The minimum atomic E-state index is -0.379. The molecule has 1 heterocycles. The van der Waals surface area contributed by atoms with Gasteiger partial charge in [0.1, 0.15) is 5.00 Å². The van der Waals surface area contributed by atoms with Gasteiger partial charge in [0, 0.05) is 17.0 Å². The van der Waals surface area contributed by atoms with Crippen molar-refractivity contribution in [3.05, 3.63) is 82.2 Å². The van der Waals surface area contributed by atoms with Crippen LogP contribution in [0.25, 0.3) is 0 Å². The van der Waals surface area contributed by atoms with Crippen LogP contribution in [0.3, 0.4) is 0 Å². The van der Waals surface area contributed by atoms with E-state index in [-0.39, 0.29) is 5.97 Å². The number of ether oxygens (including phenoxy) is 1. The Labute approximate surface area is 187 Å². The summed E-state index contributed by atoms with van der Waals surface area (Å²) in [6, 6.07) is 20.2. The minimum absolute atomic E-state index is 0.379. The van der Waals surface area contributed by atoms with Crippen molar-refractivity contribution in [2.75, 3.05) is 17.7 Å². The third kappa shape index (κ3) is 5.46. The minimum Gasteiger partial charge on any atom is -0.465 e. The number of hydrogen-bond acceptors (Lipinski definition) is 4. The van der Waals surface area contributed by atoms with E-state index in [4.69, 9.17) is 17.0 Å². The molecule has 0 radical (unpaired) electrons. The molecule has 0 spiro atoms. The molecule has 2 aromatic carbocycles. The summed E-state index contributed by atoms with van der Waals surface area (Å²) in [6.07, 6.45) is 1.79. The highest BCUT2D eigenvalue weighted by Gasteiger charge is 2.18. The number of benzene rings is 2. The molecule has 3 aromatic rings. The third-order valence-electron chi connectivity index (χ3n) is 4.99. The van der Waals surface area contributed by atoms with Crippen LogP contribution in [0.15, 0.2) is 60.7 Å². The zero-order valence-electron chi connectivity index (χ0n) is 17.4. The molecular weight excluding hydrogens is 412 g/mol. The van der Waals surface area contributed by atoms with Gasteiger partial charge in [-0.05, 0) is 47.8 Å². The van der Waals surface area contributed by atoms with Gasteiger partial charge in [0.2, 0.25) is 0 Å². The van der Waals surface area contributed by atoms with Gasteiger partial charge >= 0.3 is 5.97 Å². The maximum absolute atomic E-state index is 12.3. The zero-order valence-corrected chi connectivity index (χ0v) is 19.0. The summed E-state index contributed by atoms with van der Waals surface area (Å²) in [5, 5.41) is 7.63. The van der Waals surface area contributed by atoms with E-state index in [2.05, 4.69) is 42.7 Å². The van der Waals surface area contributed by atoms with Crippen LogP contribution in [-0.2, 0) is 11.2 Å². The molecule has 0 amide bonds. The number of esters is 1. The predicted octanol–water partition coefficient (Wildman–Crippen LogP) is 6.45. The normalized spacial score (nSPS) is 11.6. The molecule has 0 aliphatic rings. The van der Waals surface area contributed by atoms with E-state index >= 15 is 0 Å². The molecule has 30 heavy (non-hydrogen) atoms. The quantitative estimate of drug-likeness (QED) is 0.328. The van der Waals surface area contributed by atoms with Gasteiger partial charge in [0.25, 0.3) is 0 Å². The Morgan fingerprint density at radius 1 is 1.10 bits per heavy atom. The molecule has 4 nitrogen and oxygen atoms in total. The first-order valence-corrected chi connectivity index (χ1v) is 11.2. The lowest BCUT2D eigenvalue weighted by Gasteiger charge is -2.17. The van der Waals surface area contributed by atoms with Crippen molar-refractivity contribution in [3.8, 4) is 0 Å². The Bertz CT molecular complexity index is 1020. The zero-order chi connectivity index (χ0) is 21.5. The molecule has 2 N–H and O–H groups in total. The van der Waals surface area contributed by atoms with Crippen LogP contribution in [0.5, 0.6) is 0 Å². The van der Waals surface area contributed by atoms with Crippen LogP contribution in [0.4, 0.5) is 10.7 Å². The second-order valence-electron chi connectivity index (χ2n) is 7.09. The Morgan fingerprint density at radius 2 is 1.80 bits per heavy atom. The first-order chi connectivity index (χ1) is 14.5. The monoisotopic (exact) mass is 438 g/mol. The van der Waals surface area contributed by atoms with Crippen molar-refractivity contribution in [2.24, 2.45) is 0 Å². The SMILES string of the molecule is CCC(C)c1ccccc1NC(=S)Nc1sc(Cc2ccccc2)cc1C(=O)OC. The first kappa shape index (κ1) is 22.0. The largest absolute Gasteiger partial charge is 0.465 e. The van der Waals surface area contributed by atoms with Crippen molar-refractivity contribution in [1.82, 2.24) is 0 Å². The van der Waals surface area contributed by atoms with Crippen molar-refractivity contribution >= 4 is 45.3 Å². The summed E-state index contributed by atoms with van der Waals surface area (Å²) < 4.78 is 4.97. The molecule has 6 heteroatoms. The lowest BCUT2D eigenvalue weighted by atomic mass is 9.97. The van der Waals surface area contributed by atoms with E-state index < -0.39 is 0 Å². The van der Waals surface area contributed by atoms with Gasteiger partial charge in [0.15, 0.2) is 5.11 Å². The van der Waals surface area contributed by atoms with E-state index in [0.717, 1.165) is 23.4 Å². The van der Waals surface area contributed by atoms with Gasteiger partial charge in [-0.2, -0.15) is 0 Å². The van der Waals surface area contributed by atoms with Gasteiger partial charge in [-0.15, -0.1) is 11.3 Å². The highest BCUT2D eigenvalue weighted by Crippen LogP contribution is 2.31. The number of thiocarbonyl (C=S) groups is 1. The number of hydrogen-bond donors (Lipinski definition) is 2. The molecular formula is C24H26N2O2S2. The van der Waals surface area contributed by atoms with Crippen molar-refractivity contribution in [2.45, 2.75) is 32.6 Å². The van der Waals surface area contributed by atoms with E-state index in [1.807, 2.05) is 42.5 Å². The van der Waals surface area contributed by atoms with Crippen LogP contribution >= 0.6 is 23.6 Å². The number of para-hydroxylation sites is 1. The van der Waals surface area contributed by atoms with Crippen LogP contribution in [0.1, 0.15) is 52.5 Å². The van der Waals surface area contributed by atoms with E-state index in [9.17, 15) is 4.79 Å². The summed E-state index contributed by atoms with van der Waals surface area (Å²) in [7, 11) is 1.39. The number of rotatable bonds is 7. The molecule has 0 saturated carbocycles. The van der Waals surface area contributed by atoms with Gasteiger partial charge in [-0.25, -0.2) is 4.79 Å². The number of carbonyl (C=O) groups excluding carboxylic acids is 1. The summed E-state index contributed by atoms with van der Waals surface area (Å²) in [6.45, 7) is 4.36. The molecule has 1 atom stereocenters. The fourth-order valence-corrected chi connectivity index (χ4v) is 4.56. The van der Waals surface area contributed by atoms with Crippen LogP contribution in [0.2, 0.25) is 0 Å². The lowest BCUT2D eigenvalue weighted by Crippen LogP contribution is -2.21. The number of thiophene rings is 1. The smallest absolute Gasteiger partial charge is 0.340 e. The standard InChI is InChI=1S/C24H26N2O2S2/c1-4-16(2)19-12-8-9-13-21(19)25-24(29)26-22-20(23(27)28-3)15-18(30-22)14-17-10-6-5-7-11-17/h5-13,15-16H,4,14H2,1-3H3,(H2,25,26,29).